The normalized spacial score (nSPS) is 16.0. The van der Waals surface area contributed by atoms with Crippen LogP contribution >= 0.6 is 34.9 Å². The summed E-state index contributed by atoms with van der Waals surface area (Å²) in [5, 5.41) is 3.76. The van der Waals surface area contributed by atoms with Gasteiger partial charge in [0.05, 0.1) is 22.4 Å². The maximum Gasteiger partial charge on any atom is 0.246 e. The highest BCUT2D eigenvalue weighted by Gasteiger charge is 2.27. The quantitative estimate of drug-likeness (QED) is 0.583. The molecule has 3 rings (SSSR count). The van der Waals surface area contributed by atoms with Gasteiger partial charge in [-0.05, 0) is 25.9 Å². The highest BCUT2D eigenvalue weighted by atomic mass is 35.5. The summed E-state index contributed by atoms with van der Waals surface area (Å²) in [6.07, 6.45) is 5.15. The Hall–Kier alpha value is -1.09. The first-order chi connectivity index (χ1) is 12.3. The van der Waals surface area contributed by atoms with E-state index in [0.29, 0.717) is 16.8 Å². The molecule has 0 saturated carbocycles. The summed E-state index contributed by atoms with van der Waals surface area (Å²) in [5.41, 5.74) is -0.0539. The van der Waals surface area contributed by atoms with Crippen LogP contribution in [0.4, 0.5) is 5.13 Å². The van der Waals surface area contributed by atoms with Crippen LogP contribution in [0.2, 0.25) is 0 Å². The first-order valence-corrected chi connectivity index (χ1v) is 10.7. The zero-order valence-corrected chi connectivity index (χ0v) is 17.5. The minimum atomic E-state index is -0.0680. The van der Waals surface area contributed by atoms with Gasteiger partial charge < -0.3 is 9.73 Å². The number of hydrogen-bond donors (Lipinski definition) is 1. The van der Waals surface area contributed by atoms with Gasteiger partial charge in [0, 0.05) is 23.1 Å². The second-order valence-corrected chi connectivity index (χ2v) is 9.88. The van der Waals surface area contributed by atoms with E-state index in [-0.39, 0.29) is 17.2 Å². The van der Waals surface area contributed by atoms with E-state index >= 15 is 0 Å². The molecule has 0 atom stereocenters. The van der Waals surface area contributed by atoms with Crippen molar-refractivity contribution < 1.29 is 9.21 Å². The van der Waals surface area contributed by atoms with Crippen LogP contribution in [0.3, 0.4) is 0 Å². The highest BCUT2D eigenvalue weighted by molar-refractivity contribution is 8.00. The number of anilines is 1. The SMILES string of the molecule is CC(C)(C)c1cnc(CSc2cnc(N(Cl)C(=O)C3CCNCC3)s2)o1. The molecule has 1 aliphatic rings. The Bertz CT molecular complexity index is 750. The van der Waals surface area contributed by atoms with Crippen LogP contribution in [0.1, 0.15) is 45.3 Å². The fourth-order valence-electron chi connectivity index (χ4n) is 2.59. The molecule has 0 aromatic carbocycles. The molecule has 0 bridgehead atoms. The summed E-state index contributed by atoms with van der Waals surface area (Å²) >= 11 is 9.23. The standard InChI is InChI=1S/C17H23ClN4O2S2/c1-17(2,3)12-8-20-13(24-12)10-25-14-9-21-16(26-14)22(18)15(23)11-4-6-19-7-5-11/h8-9,11,19H,4-7,10H2,1-3H3. The molecule has 1 N–H and O–H groups in total. The third-order valence-electron chi connectivity index (χ3n) is 4.15. The lowest BCUT2D eigenvalue weighted by Gasteiger charge is -2.23. The number of nitrogens with zero attached hydrogens (tertiary/aromatic N) is 3. The summed E-state index contributed by atoms with van der Waals surface area (Å²) in [6.45, 7) is 7.98. The van der Waals surface area contributed by atoms with Gasteiger partial charge in [0.25, 0.3) is 0 Å². The predicted molar refractivity (Wildman–Crippen MR) is 106 cm³/mol. The summed E-state index contributed by atoms with van der Waals surface area (Å²) in [5.74, 6) is 2.07. The van der Waals surface area contributed by atoms with Crippen molar-refractivity contribution in [2.75, 3.05) is 17.5 Å². The van der Waals surface area contributed by atoms with Gasteiger partial charge in [-0.3, -0.25) is 4.79 Å². The molecule has 26 heavy (non-hydrogen) atoms. The van der Waals surface area contributed by atoms with Crippen molar-refractivity contribution >= 4 is 45.9 Å². The van der Waals surface area contributed by atoms with Crippen molar-refractivity contribution in [3.05, 3.63) is 24.0 Å². The number of rotatable bonds is 5. The van der Waals surface area contributed by atoms with Crippen LogP contribution in [0, 0.1) is 5.92 Å². The Balaban J connectivity index is 1.57. The van der Waals surface area contributed by atoms with Gasteiger partial charge in [0.1, 0.15) is 5.76 Å². The van der Waals surface area contributed by atoms with E-state index in [1.165, 1.54) is 15.8 Å². The molecule has 6 nitrogen and oxygen atoms in total. The molecule has 142 valence electrons. The van der Waals surface area contributed by atoms with Crippen molar-refractivity contribution in [2.24, 2.45) is 5.92 Å². The molecule has 0 unspecified atom stereocenters. The summed E-state index contributed by atoms with van der Waals surface area (Å²) in [7, 11) is 0. The molecule has 3 heterocycles. The lowest BCUT2D eigenvalue weighted by molar-refractivity contribution is -0.121. The molecule has 1 fully saturated rings. The van der Waals surface area contributed by atoms with Crippen molar-refractivity contribution in [1.82, 2.24) is 15.3 Å². The van der Waals surface area contributed by atoms with E-state index in [2.05, 4.69) is 36.1 Å². The van der Waals surface area contributed by atoms with E-state index < -0.39 is 0 Å². The topological polar surface area (TPSA) is 71.3 Å². The summed E-state index contributed by atoms with van der Waals surface area (Å²) in [6, 6.07) is 0. The predicted octanol–water partition coefficient (Wildman–Crippen LogP) is 4.21. The second kappa shape index (κ2) is 8.29. The third-order valence-corrected chi connectivity index (χ3v) is 6.74. The molecule has 1 aliphatic heterocycles. The summed E-state index contributed by atoms with van der Waals surface area (Å²) < 4.78 is 7.94. The maximum absolute atomic E-state index is 12.5. The largest absolute Gasteiger partial charge is 0.444 e. The Morgan fingerprint density at radius 1 is 1.38 bits per heavy atom. The van der Waals surface area contributed by atoms with Gasteiger partial charge in [-0.25, -0.2) is 9.97 Å². The molecule has 0 spiro atoms. The fraction of sp³-hybridized carbons (Fsp3) is 0.588. The molecule has 0 radical (unpaired) electrons. The van der Waals surface area contributed by atoms with E-state index in [0.717, 1.165) is 35.9 Å². The van der Waals surface area contributed by atoms with Crippen LogP contribution in [0.15, 0.2) is 21.0 Å². The van der Waals surface area contributed by atoms with Crippen molar-refractivity contribution in [1.29, 1.82) is 0 Å². The van der Waals surface area contributed by atoms with E-state index in [4.69, 9.17) is 16.2 Å². The minimum Gasteiger partial charge on any atom is -0.444 e. The summed E-state index contributed by atoms with van der Waals surface area (Å²) in [4.78, 5) is 21.1. The van der Waals surface area contributed by atoms with Gasteiger partial charge >= 0.3 is 0 Å². The van der Waals surface area contributed by atoms with Crippen LogP contribution in [0.5, 0.6) is 0 Å². The second-order valence-electron chi connectivity index (χ2n) is 7.26. The number of nitrogens with one attached hydrogen (secondary N) is 1. The zero-order chi connectivity index (χ0) is 18.7. The number of piperidine rings is 1. The fourth-order valence-corrected chi connectivity index (χ4v) is 4.60. The molecule has 9 heteroatoms. The van der Waals surface area contributed by atoms with Gasteiger partial charge in [-0.1, -0.05) is 32.1 Å². The zero-order valence-electron chi connectivity index (χ0n) is 15.1. The number of thiazole rings is 1. The molecular weight excluding hydrogens is 392 g/mol. The maximum atomic E-state index is 12.5. The molecule has 2 aromatic heterocycles. The highest BCUT2D eigenvalue weighted by Crippen LogP contribution is 2.34. The number of thioether (sulfide) groups is 1. The van der Waals surface area contributed by atoms with Crippen molar-refractivity contribution in [3.8, 4) is 0 Å². The number of aromatic nitrogens is 2. The lowest BCUT2D eigenvalue weighted by Crippen LogP contribution is -2.37. The van der Waals surface area contributed by atoms with E-state index in [1.807, 2.05) is 0 Å². The molecule has 0 aliphatic carbocycles. The van der Waals surface area contributed by atoms with Gasteiger partial charge in [-0.15, -0.1) is 11.8 Å². The van der Waals surface area contributed by atoms with Crippen LogP contribution in [0.25, 0.3) is 0 Å². The van der Waals surface area contributed by atoms with E-state index in [1.54, 1.807) is 24.2 Å². The van der Waals surface area contributed by atoms with Crippen LogP contribution in [-0.2, 0) is 16.0 Å². The van der Waals surface area contributed by atoms with Gasteiger partial charge in [0.2, 0.25) is 16.9 Å². The van der Waals surface area contributed by atoms with E-state index in [9.17, 15) is 4.79 Å². The first kappa shape index (κ1) is 19.7. The molecule has 2 aromatic rings. The number of carbonyl (C=O) groups is 1. The Morgan fingerprint density at radius 3 is 2.77 bits per heavy atom. The number of oxazole rings is 1. The first-order valence-electron chi connectivity index (χ1n) is 8.59. The average Bonchev–Trinajstić information content (AvgIpc) is 3.28. The van der Waals surface area contributed by atoms with Gasteiger partial charge in [0.15, 0.2) is 0 Å². The molecule has 1 amide bonds. The van der Waals surface area contributed by atoms with Crippen LogP contribution < -0.4 is 9.74 Å². The number of halogens is 1. The van der Waals surface area contributed by atoms with Crippen molar-refractivity contribution in [2.45, 2.75) is 49.0 Å². The Kier molecular flexibility index (Phi) is 6.27. The molecule has 1 saturated heterocycles. The lowest BCUT2D eigenvalue weighted by atomic mass is 9.94. The third kappa shape index (κ3) is 4.79. The number of carbonyl (C=O) groups excluding carboxylic acids is 1. The Morgan fingerprint density at radius 2 is 2.12 bits per heavy atom. The average molecular weight is 415 g/mol. The number of amides is 1. The Labute approximate surface area is 166 Å². The molecular formula is C17H23ClN4O2S2. The minimum absolute atomic E-state index is 0.0307. The van der Waals surface area contributed by atoms with Crippen molar-refractivity contribution in [3.63, 3.8) is 0 Å². The smallest absolute Gasteiger partial charge is 0.246 e. The monoisotopic (exact) mass is 414 g/mol. The van der Waals surface area contributed by atoms with Crippen LogP contribution in [-0.4, -0.2) is 29.0 Å². The van der Waals surface area contributed by atoms with Gasteiger partial charge in [-0.2, -0.15) is 4.42 Å². The number of hydrogen-bond acceptors (Lipinski definition) is 7.